The number of carbonyl (C=O) groups is 1. The van der Waals surface area contributed by atoms with E-state index in [1.165, 1.54) is 25.3 Å². The Hall–Kier alpha value is -1.29. The number of esters is 1. The van der Waals surface area contributed by atoms with Crippen LogP contribution in [0.3, 0.4) is 0 Å². The number of carbonyl (C=O) groups excluding carboxylic acids is 1. The Morgan fingerprint density at radius 2 is 2.27 bits per heavy atom. The quantitative estimate of drug-likeness (QED) is 0.590. The van der Waals surface area contributed by atoms with Gasteiger partial charge in [-0.3, -0.25) is 0 Å². The summed E-state index contributed by atoms with van der Waals surface area (Å²) in [6.45, 7) is 0.203. The molecule has 0 saturated heterocycles. The van der Waals surface area contributed by atoms with Crippen LogP contribution >= 0.6 is 11.6 Å². The summed E-state index contributed by atoms with van der Waals surface area (Å²) in [6.07, 6.45) is 0. The zero-order valence-electron chi connectivity index (χ0n) is 8.13. The molecule has 0 atom stereocenters. The third-order valence-electron chi connectivity index (χ3n) is 1.70. The van der Waals surface area contributed by atoms with Crippen molar-refractivity contribution in [1.82, 2.24) is 0 Å². The molecule has 1 aromatic carbocycles. The van der Waals surface area contributed by atoms with Crippen molar-refractivity contribution in [2.75, 3.05) is 19.6 Å². The number of rotatable bonds is 4. The van der Waals surface area contributed by atoms with Crippen LogP contribution in [-0.4, -0.2) is 25.6 Å². The maximum Gasteiger partial charge on any atom is 0.344 e. The van der Waals surface area contributed by atoms with E-state index in [0.717, 1.165) is 0 Å². The summed E-state index contributed by atoms with van der Waals surface area (Å²) < 4.78 is 22.9. The fourth-order valence-corrected chi connectivity index (χ4v) is 1.15. The molecule has 0 aliphatic carbocycles. The average molecular weight is 233 g/mol. The molecule has 0 spiro atoms. The van der Waals surface area contributed by atoms with Crippen molar-refractivity contribution in [3.63, 3.8) is 0 Å². The Balaban J connectivity index is 3.03. The highest BCUT2D eigenvalue weighted by Gasteiger charge is 2.18. The van der Waals surface area contributed by atoms with Crippen molar-refractivity contribution in [1.29, 1.82) is 0 Å². The van der Waals surface area contributed by atoms with Gasteiger partial charge in [0.25, 0.3) is 0 Å². The summed E-state index contributed by atoms with van der Waals surface area (Å²) in [4.78, 5) is 11.2. The number of methoxy groups -OCH3 is 1. The van der Waals surface area contributed by atoms with E-state index in [-0.39, 0.29) is 23.8 Å². The number of hydrogen-bond donors (Lipinski definition) is 0. The zero-order valence-corrected chi connectivity index (χ0v) is 8.88. The molecule has 0 saturated carbocycles. The van der Waals surface area contributed by atoms with E-state index in [0.29, 0.717) is 0 Å². The molecule has 1 aromatic rings. The number of benzene rings is 1. The molecule has 0 fully saturated rings. The van der Waals surface area contributed by atoms with E-state index in [1.54, 1.807) is 0 Å². The molecule has 1 rings (SSSR count). The van der Waals surface area contributed by atoms with Gasteiger partial charge >= 0.3 is 5.97 Å². The van der Waals surface area contributed by atoms with Crippen LogP contribution in [0, 0.1) is 5.82 Å². The Kier molecular flexibility index (Phi) is 4.37. The van der Waals surface area contributed by atoms with Gasteiger partial charge < -0.3 is 9.47 Å². The van der Waals surface area contributed by atoms with Crippen LogP contribution < -0.4 is 4.74 Å². The second-order valence-corrected chi connectivity index (χ2v) is 3.02. The molecule has 0 amide bonds. The van der Waals surface area contributed by atoms with Gasteiger partial charge in [0.1, 0.15) is 23.7 Å². The number of ether oxygens (including phenoxy) is 2. The molecule has 0 aliphatic heterocycles. The second-order valence-electron chi connectivity index (χ2n) is 2.64. The summed E-state index contributed by atoms with van der Waals surface area (Å²) in [6, 6.07) is 4.10. The van der Waals surface area contributed by atoms with Crippen molar-refractivity contribution in [3.8, 4) is 5.75 Å². The lowest BCUT2D eigenvalue weighted by Gasteiger charge is -2.09. The average Bonchev–Trinajstić information content (AvgIpc) is 2.25. The van der Waals surface area contributed by atoms with Crippen molar-refractivity contribution in [2.45, 2.75) is 0 Å². The van der Waals surface area contributed by atoms with E-state index in [1.807, 2.05) is 0 Å². The molecule has 5 heteroatoms. The topological polar surface area (TPSA) is 35.5 Å². The molecule has 0 aliphatic rings. The van der Waals surface area contributed by atoms with Crippen molar-refractivity contribution < 1.29 is 18.7 Å². The first kappa shape index (κ1) is 11.8. The molecule has 0 bridgehead atoms. The van der Waals surface area contributed by atoms with Gasteiger partial charge in [-0.2, -0.15) is 0 Å². The summed E-state index contributed by atoms with van der Waals surface area (Å²) in [5.74, 6) is -1.04. The Labute approximate surface area is 91.7 Å². The second kappa shape index (κ2) is 5.56. The molecule has 0 heterocycles. The third-order valence-corrected chi connectivity index (χ3v) is 1.85. The van der Waals surface area contributed by atoms with Gasteiger partial charge in [0.15, 0.2) is 0 Å². The third kappa shape index (κ3) is 2.83. The van der Waals surface area contributed by atoms with Crippen LogP contribution in [0.15, 0.2) is 18.2 Å². The number of alkyl halides is 1. The summed E-state index contributed by atoms with van der Waals surface area (Å²) in [5.41, 5.74) is -0.204. The largest absolute Gasteiger partial charge is 0.491 e. The Morgan fingerprint density at radius 3 is 2.87 bits per heavy atom. The van der Waals surface area contributed by atoms with Crippen molar-refractivity contribution >= 4 is 17.6 Å². The minimum absolute atomic E-state index is 0.141. The first-order valence-electron chi connectivity index (χ1n) is 4.26. The van der Waals surface area contributed by atoms with Crippen LogP contribution in [0.2, 0.25) is 0 Å². The van der Waals surface area contributed by atoms with Gasteiger partial charge in [-0.25, -0.2) is 9.18 Å². The highest BCUT2D eigenvalue weighted by molar-refractivity contribution is 6.18. The van der Waals surface area contributed by atoms with Crippen LogP contribution in [-0.2, 0) is 4.74 Å². The predicted molar refractivity (Wildman–Crippen MR) is 54.0 cm³/mol. The van der Waals surface area contributed by atoms with E-state index >= 15 is 0 Å². The normalized spacial score (nSPS) is 9.80. The molecule has 0 radical (unpaired) electrons. The van der Waals surface area contributed by atoms with Crippen LogP contribution in [0.5, 0.6) is 5.75 Å². The van der Waals surface area contributed by atoms with Crippen molar-refractivity contribution in [2.24, 2.45) is 0 Å². The minimum atomic E-state index is -0.766. The molecule has 0 aromatic heterocycles. The fourth-order valence-electron chi connectivity index (χ4n) is 1.07. The molecule has 0 unspecified atom stereocenters. The maximum atomic E-state index is 13.3. The predicted octanol–water partition coefficient (Wildman–Crippen LogP) is 2.23. The SMILES string of the molecule is COC(=O)c1c(F)cccc1OCCCl. The van der Waals surface area contributed by atoms with E-state index in [9.17, 15) is 9.18 Å². The molecule has 82 valence electrons. The first-order chi connectivity index (χ1) is 7.20. The standard InChI is InChI=1S/C10H10ClFO3/c1-14-10(13)9-7(12)3-2-4-8(9)15-6-5-11/h2-4H,5-6H2,1H3. The minimum Gasteiger partial charge on any atom is -0.491 e. The summed E-state index contributed by atoms with van der Waals surface area (Å²) in [7, 11) is 1.18. The summed E-state index contributed by atoms with van der Waals surface area (Å²) >= 11 is 5.42. The van der Waals surface area contributed by atoms with E-state index in [2.05, 4.69) is 4.74 Å². The lowest BCUT2D eigenvalue weighted by atomic mass is 10.2. The maximum absolute atomic E-state index is 13.3. The zero-order chi connectivity index (χ0) is 11.3. The van der Waals surface area contributed by atoms with Gasteiger partial charge in [0, 0.05) is 0 Å². The van der Waals surface area contributed by atoms with Gasteiger partial charge in [-0.15, -0.1) is 11.6 Å². The van der Waals surface area contributed by atoms with Crippen LogP contribution in [0.4, 0.5) is 4.39 Å². The van der Waals surface area contributed by atoms with Gasteiger partial charge in [-0.1, -0.05) is 6.07 Å². The Morgan fingerprint density at radius 1 is 1.53 bits per heavy atom. The molecule has 0 N–H and O–H groups in total. The highest BCUT2D eigenvalue weighted by Crippen LogP contribution is 2.22. The molecular formula is C10H10ClFO3. The highest BCUT2D eigenvalue weighted by atomic mass is 35.5. The lowest BCUT2D eigenvalue weighted by molar-refractivity contribution is 0.0590. The van der Waals surface area contributed by atoms with Gasteiger partial charge in [0.2, 0.25) is 0 Å². The smallest absolute Gasteiger partial charge is 0.344 e. The first-order valence-corrected chi connectivity index (χ1v) is 4.79. The number of halogens is 2. The van der Waals surface area contributed by atoms with Crippen molar-refractivity contribution in [3.05, 3.63) is 29.6 Å². The Bertz CT molecular complexity index is 355. The number of hydrogen-bond acceptors (Lipinski definition) is 3. The van der Waals surface area contributed by atoms with Gasteiger partial charge in [0.05, 0.1) is 13.0 Å². The lowest BCUT2D eigenvalue weighted by Crippen LogP contribution is -2.09. The van der Waals surface area contributed by atoms with Gasteiger partial charge in [-0.05, 0) is 12.1 Å². The van der Waals surface area contributed by atoms with E-state index < -0.39 is 11.8 Å². The monoisotopic (exact) mass is 232 g/mol. The fraction of sp³-hybridized carbons (Fsp3) is 0.300. The molecular weight excluding hydrogens is 223 g/mol. The molecule has 3 nitrogen and oxygen atoms in total. The van der Waals surface area contributed by atoms with Crippen LogP contribution in [0.25, 0.3) is 0 Å². The molecule has 15 heavy (non-hydrogen) atoms. The van der Waals surface area contributed by atoms with Crippen LogP contribution in [0.1, 0.15) is 10.4 Å². The summed E-state index contributed by atoms with van der Waals surface area (Å²) in [5, 5.41) is 0. The van der Waals surface area contributed by atoms with E-state index in [4.69, 9.17) is 16.3 Å².